The van der Waals surface area contributed by atoms with Crippen LogP contribution >= 0.6 is 0 Å². The molecule has 128 valence electrons. The average Bonchev–Trinajstić information content (AvgIpc) is 3.08. The Morgan fingerprint density at radius 3 is 2.61 bits per heavy atom. The van der Waals surface area contributed by atoms with Crippen molar-refractivity contribution >= 4 is 16.1 Å². The smallest absolute Gasteiger partial charge is 0.315 e. The molecule has 2 rings (SSSR count). The third-order valence-corrected chi connectivity index (χ3v) is 5.27. The second kappa shape index (κ2) is 7.76. The van der Waals surface area contributed by atoms with Gasteiger partial charge in [-0.15, -0.1) is 0 Å². The Labute approximate surface area is 136 Å². The van der Waals surface area contributed by atoms with Crippen LogP contribution in [0.5, 0.6) is 0 Å². The fourth-order valence-electron chi connectivity index (χ4n) is 2.43. The molecule has 1 saturated heterocycles. The maximum absolute atomic E-state index is 11.9. The Morgan fingerprint density at radius 2 is 2.04 bits per heavy atom. The molecule has 2 amide bonds. The van der Waals surface area contributed by atoms with Gasteiger partial charge in [-0.1, -0.05) is 12.1 Å². The van der Waals surface area contributed by atoms with E-state index in [1.165, 1.54) is 19.2 Å². The fraction of sp³-hybridized carbons (Fsp3) is 0.533. The third-order valence-electron chi connectivity index (χ3n) is 3.84. The molecule has 1 aromatic rings. The number of benzene rings is 1. The minimum Gasteiger partial charge on any atom is -0.376 e. The number of sulfonamides is 1. The summed E-state index contributed by atoms with van der Waals surface area (Å²) in [4.78, 5) is 12.1. The molecule has 0 aromatic heterocycles. The van der Waals surface area contributed by atoms with Crippen molar-refractivity contribution in [2.45, 2.75) is 43.4 Å². The molecule has 1 aliphatic rings. The first-order valence-corrected chi connectivity index (χ1v) is 9.09. The number of nitrogens with one attached hydrogen (secondary N) is 3. The van der Waals surface area contributed by atoms with Crippen LogP contribution in [-0.2, 0) is 21.3 Å². The number of carbonyl (C=O) groups is 1. The van der Waals surface area contributed by atoms with Crippen LogP contribution in [0.4, 0.5) is 4.79 Å². The number of rotatable bonds is 6. The maximum Gasteiger partial charge on any atom is 0.315 e. The summed E-state index contributed by atoms with van der Waals surface area (Å²) in [5, 5.41) is 5.61. The summed E-state index contributed by atoms with van der Waals surface area (Å²) in [5.74, 6) is 0. The van der Waals surface area contributed by atoms with Crippen molar-refractivity contribution in [2.24, 2.45) is 0 Å². The largest absolute Gasteiger partial charge is 0.376 e. The first kappa shape index (κ1) is 17.7. The molecule has 23 heavy (non-hydrogen) atoms. The molecule has 0 unspecified atom stereocenters. The first-order valence-electron chi connectivity index (χ1n) is 7.61. The minimum absolute atomic E-state index is 0.0411. The van der Waals surface area contributed by atoms with Gasteiger partial charge < -0.3 is 15.4 Å². The molecule has 1 aliphatic heterocycles. The Bertz CT molecular complexity index is 625. The highest BCUT2D eigenvalue weighted by Crippen LogP contribution is 2.15. The standard InChI is InChI=1S/C15H23N3O4S/c1-11(14-4-3-9-22-14)18-15(19)17-10-12-5-7-13(8-6-12)23(20,21)16-2/h5-8,11,14,16H,3-4,9-10H2,1-2H3,(H2,17,18,19)/t11-,14-/m1/s1. The zero-order chi connectivity index (χ0) is 16.9. The van der Waals surface area contributed by atoms with Crippen molar-refractivity contribution < 1.29 is 17.9 Å². The Hall–Kier alpha value is -1.64. The van der Waals surface area contributed by atoms with E-state index in [2.05, 4.69) is 15.4 Å². The quantitative estimate of drug-likeness (QED) is 0.718. The molecule has 1 fully saturated rings. The van der Waals surface area contributed by atoms with E-state index in [9.17, 15) is 13.2 Å². The van der Waals surface area contributed by atoms with Gasteiger partial charge in [0, 0.05) is 13.2 Å². The molecule has 7 nitrogen and oxygen atoms in total. The van der Waals surface area contributed by atoms with Crippen LogP contribution in [0.3, 0.4) is 0 Å². The van der Waals surface area contributed by atoms with Crippen molar-refractivity contribution in [3.8, 4) is 0 Å². The van der Waals surface area contributed by atoms with Gasteiger partial charge in [0.25, 0.3) is 0 Å². The zero-order valence-corrected chi connectivity index (χ0v) is 14.2. The lowest BCUT2D eigenvalue weighted by molar-refractivity contribution is 0.0860. The van der Waals surface area contributed by atoms with E-state index in [-0.39, 0.29) is 23.1 Å². The minimum atomic E-state index is -3.44. The van der Waals surface area contributed by atoms with Gasteiger partial charge in [-0.25, -0.2) is 17.9 Å². The molecule has 0 bridgehead atoms. The number of amides is 2. The van der Waals surface area contributed by atoms with E-state index in [0.717, 1.165) is 25.0 Å². The molecule has 1 heterocycles. The van der Waals surface area contributed by atoms with Crippen LogP contribution in [0.15, 0.2) is 29.2 Å². The van der Waals surface area contributed by atoms with Gasteiger partial charge in [-0.2, -0.15) is 0 Å². The second-order valence-electron chi connectivity index (χ2n) is 5.52. The van der Waals surface area contributed by atoms with Crippen LogP contribution in [0.2, 0.25) is 0 Å². The highest BCUT2D eigenvalue weighted by Gasteiger charge is 2.23. The van der Waals surface area contributed by atoms with E-state index in [4.69, 9.17) is 4.74 Å². The van der Waals surface area contributed by atoms with Crippen molar-refractivity contribution in [2.75, 3.05) is 13.7 Å². The van der Waals surface area contributed by atoms with Gasteiger partial charge in [-0.3, -0.25) is 0 Å². The lowest BCUT2D eigenvalue weighted by atomic mass is 10.1. The van der Waals surface area contributed by atoms with Crippen molar-refractivity contribution in [3.05, 3.63) is 29.8 Å². The highest BCUT2D eigenvalue weighted by molar-refractivity contribution is 7.89. The van der Waals surface area contributed by atoms with E-state index in [1.54, 1.807) is 12.1 Å². The van der Waals surface area contributed by atoms with Gasteiger partial charge in [0.15, 0.2) is 0 Å². The van der Waals surface area contributed by atoms with Crippen LogP contribution in [0, 0.1) is 0 Å². The molecule has 3 N–H and O–H groups in total. The molecule has 0 radical (unpaired) electrons. The summed E-state index contributed by atoms with van der Waals surface area (Å²) in [6.07, 6.45) is 2.06. The summed E-state index contributed by atoms with van der Waals surface area (Å²) < 4.78 is 31.0. The average molecular weight is 341 g/mol. The van der Waals surface area contributed by atoms with Gasteiger partial charge in [0.1, 0.15) is 0 Å². The molecular weight excluding hydrogens is 318 g/mol. The summed E-state index contributed by atoms with van der Waals surface area (Å²) in [7, 11) is -2.07. The summed E-state index contributed by atoms with van der Waals surface area (Å²) in [5.41, 5.74) is 0.819. The third kappa shape index (κ3) is 4.92. The summed E-state index contributed by atoms with van der Waals surface area (Å²) >= 11 is 0. The van der Waals surface area contributed by atoms with Crippen LogP contribution < -0.4 is 15.4 Å². The van der Waals surface area contributed by atoms with Crippen molar-refractivity contribution in [1.82, 2.24) is 15.4 Å². The van der Waals surface area contributed by atoms with Gasteiger partial charge in [0.05, 0.1) is 17.0 Å². The first-order chi connectivity index (χ1) is 10.9. The lowest BCUT2D eigenvalue weighted by Gasteiger charge is -2.20. The normalized spacial score (nSPS) is 19.3. The Kier molecular flexibility index (Phi) is 5.97. The van der Waals surface area contributed by atoms with Gasteiger partial charge >= 0.3 is 6.03 Å². The van der Waals surface area contributed by atoms with E-state index < -0.39 is 10.0 Å². The zero-order valence-electron chi connectivity index (χ0n) is 13.3. The number of hydrogen-bond acceptors (Lipinski definition) is 4. The molecule has 0 aliphatic carbocycles. The lowest BCUT2D eigenvalue weighted by Crippen LogP contribution is -2.45. The fourth-order valence-corrected chi connectivity index (χ4v) is 3.16. The topological polar surface area (TPSA) is 96.5 Å². The van der Waals surface area contributed by atoms with Crippen LogP contribution in [-0.4, -0.2) is 40.2 Å². The molecule has 2 atom stereocenters. The number of hydrogen-bond donors (Lipinski definition) is 3. The number of ether oxygens (including phenoxy) is 1. The van der Waals surface area contributed by atoms with E-state index >= 15 is 0 Å². The molecular formula is C15H23N3O4S. The number of carbonyl (C=O) groups excluding carboxylic acids is 1. The Balaban J connectivity index is 1.82. The molecule has 8 heteroatoms. The van der Waals surface area contributed by atoms with E-state index in [1.807, 2.05) is 6.92 Å². The molecule has 1 aromatic carbocycles. The maximum atomic E-state index is 11.9. The van der Waals surface area contributed by atoms with E-state index in [0.29, 0.717) is 6.54 Å². The summed E-state index contributed by atoms with van der Waals surface area (Å²) in [6.45, 7) is 3.00. The predicted molar refractivity (Wildman–Crippen MR) is 86.5 cm³/mol. The molecule has 0 spiro atoms. The van der Waals surface area contributed by atoms with Crippen LogP contribution in [0.1, 0.15) is 25.3 Å². The number of urea groups is 1. The Morgan fingerprint density at radius 1 is 1.35 bits per heavy atom. The summed E-state index contributed by atoms with van der Waals surface area (Å²) in [6, 6.07) is 6.06. The highest BCUT2D eigenvalue weighted by atomic mass is 32.2. The predicted octanol–water partition coefficient (Wildman–Crippen LogP) is 0.961. The van der Waals surface area contributed by atoms with Crippen molar-refractivity contribution in [3.63, 3.8) is 0 Å². The van der Waals surface area contributed by atoms with Gasteiger partial charge in [0.2, 0.25) is 10.0 Å². The van der Waals surface area contributed by atoms with Gasteiger partial charge in [-0.05, 0) is 44.5 Å². The van der Waals surface area contributed by atoms with Crippen LogP contribution in [0.25, 0.3) is 0 Å². The molecule has 0 saturated carbocycles. The second-order valence-corrected chi connectivity index (χ2v) is 7.41. The van der Waals surface area contributed by atoms with Crippen molar-refractivity contribution in [1.29, 1.82) is 0 Å². The SMILES string of the molecule is CNS(=O)(=O)c1ccc(CNC(=O)N[C@H](C)[C@H]2CCCO2)cc1. The monoisotopic (exact) mass is 341 g/mol.